The Bertz CT molecular complexity index is 1690. The van der Waals surface area contributed by atoms with E-state index in [1.807, 2.05) is 14.4 Å². The number of benzene rings is 2. The number of nitrogens with zero attached hydrogens (tertiary/aromatic N) is 2. The number of aryl methyl sites for hydroxylation is 4. The van der Waals surface area contributed by atoms with E-state index in [2.05, 4.69) is 93.5 Å². The first kappa shape index (κ1) is 68.1. The maximum absolute atomic E-state index is 11.8. The average Bonchev–Trinajstić information content (AvgIpc) is 3.67. The Balaban J connectivity index is 0.000000516. The summed E-state index contributed by atoms with van der Waals surface area (Å²) in [6.07, 6.45) is 61.1. The van der Waals surface area contributed by atoms with E-state index >= 15 is 0 Å². The molecule has 428 valence electrons. The smallest absolute Gasteiger partial charge is 0.0654 e. The third kappa shape index (κ3) is 30.2. The van der Waals surface area contributed by atoms with Crippen molar-refractivity contribution in [1.29, 1.82) is 0 Å². The van der Waals surface area contributed by atoms with Crippen molar-refractivity contribution >= 4 is 11.4 Å². The Morgan fingerprint density at radius 2 is 0.514 bits per heavy atom. The van der Waals surface area contributed by atoms with Gasteiger partial charge in [0.05, 0.1) is 0 Å². The van der Waals surface area contributed by atoms with Crippen molar-refractivity contribution in [3.63, 3.8) is 0 Å². The van der Waals surface area contributed by atoms with Gasteiger partial charge >= 0.3 is 166 Å². The van der Waals surface area contributed by atoms with Gasteiger partial charge in [0.25, 0.3) is 0 Å². The molecular formula is C71H124N2Ni. The summed E-state index contributed by atoms with van der Waals surface area (Å²) in [7, 11) is 0. The van der Waals surface area contributed by atoms with E-state index in [9.17, 15) is 5.53 Å². The summed E-state index contributed by atoms with van der Waals surface area (Å²) < 4.78 is 1.53. The van der Waals surface area contributed by atoms with Gasteiger partial charge in [-0.3, -0.25) is 0 Å². The predicted octanol–water partition coefficient (Wildman–Crippen LogP) is 25.5. The van der Waals surface area contributed by atoms with Crippen LogP contribution >= 0.6 is 0 Å². The van der Waals surface area contributed by atoms with Crippen LogP contribution in [0.4, 0.5) is 0 Å². The van der Waals surface area contributed by atoms with E-state index < -0.39 is 0 Å². The average molecular weight is 1060 g/mol. The molecule has 2 aromatic carbocycles. The first-order valence-corrected chi connectivity index (χ1v) is 34.1. The van der Waals surface area contributed by atoms with Crippen molar-refractivity contribution in [2.24, 2.45) is 0 Å². The van der Waals surface area contributed by atoms with Gasteiger partial charge in [0.1, 0.15) is 0 Å². The van der Waals surface area contributed by atoms with Crippen LogP contribution in [0.1, 0.15) is 348 Å². The number of hydrogen-bond donors (Lipinski definition) is 0. The van der Waals surface area contributed by atoms with Crippen molar-refractivity contribution in [2.45, 2.75) is 356 Å². The van der Waals surface area contributed by atoms with Gasteiger partial charge in [-0.1, -0.05) is 137 Å². The van der Waals surface area contributed by atoms with Crippen molar-refractivity contribution in [1.82, 2.24) is 0 Å². The van der Waals surface area contributed by atoms with E-state index in [1.165, 1.54) is 304 Å². The molecule has 0 saturated carbocycles. The summed E-state index contributed by atoms with van der Waals surface area (Å²) in [5.41, 5.74) is 26.5. The van der Waals surface area contributed by atoms with Crippen molar-refractivity contribution in [3.8, 4) is 0 Å². The Labute approximate surface area is 469 Å². The third-order valence-corrected chi connectivity index (χ3v) is 18.1. The standard InChI is InChI=1S/C31H42N2.2C20H41.Ni/c1-9-11-13-15-29-28(14-12-10-2)30(26-16-20(3)24(7)21(4)17-26)33(32)31(29)27-18-22(5)25(8)23(6)19-27;2*1-3-5-7-9-11-13-15-17-19-20-18-16-14-12-10-8-6-4-2;/h16-19H,9-15H2,1-8H3;2*1,3-20H2,2H3;. The molecule has 74 heavy (non-hydrogen) atoms. The fourth-order valence-corrected chi connectivity index (χ4v) is 12.5. The van der Waals surface area contributed by atoms with Gasteiger partial charge in [-0.15, -0.1) is 0 Å². The second-order valence-corrected chi connectivity index (χ2v) is 25.0. The van der Waals surface area contributed by atoms with E-state index in [4.69, 9.17) is 0 Å². The van der Waals surface area contributed by atoms with Crippen LogP contribution in [-0.4, -0.2) is 4.70 Å². The summed E-state index contributed by atoms with van der Waals surface area (Å²) in [5, 5.41) is 2.87. The molecule has 2 nitrogen and oxygen atoms in total. The van der Waals surface area contributed by atoms with E-state index in [0.717, 1.165) is 54.6 Å². The van der Waals surface area contributed by atoms with Gasteiger partial charge in [-0.25, -0.2) is 4.70 Å². The molecule has 3 rings (SSSR count). The molecule has 0 saturated heterocycles. The summed E-state index contributed by atoms with van der Waals surface area (Å²) in [5.74, 6) is 0. The second kappa shape index (κ2) is 46.0. The van der Waals surface area contributed by atoms with Gasteiger partial charge in [-0.05, 0) is 125 Å². The van der Waals surface area contributed by atoms with E-state index in [-0.39, 0.29) is 0 Å². The third-order valence-electron chi connectivity index (χ3n) is 16.7. The van der Waals surface area contributed by atoms with Gasteiger partial charge < -0.3 is 5.53 Å². The minimum atomic E-state index is 0.993. The fraction of sp³-hybridized carbons (Fsp3) is 0.775. The van der Waals surface area contributed by atoms with Crippen LogP contribution in [0.3, 0.4) is 0 Å². The Hall–Kier alpha value is -1.99. The molecule has 0 fully saturated rings. The van der Waals surface area contributed by atoms with Crippen LogP contribution in [0.5, 0.6) is 0 Å². The summed E-state index contributed by atoms with van der Waals surface area (Å²) in [6.45, 7) is 22.2. The number of unbranched alkanes of at least 4 members (excludes halogenated alkanes) is 37. The summed E-state index contributed by atoms with van der Waals surface area (Å²) in [4.78, 5) is 0. The van der Waals surface area contributed by atoms with E-state index in [0.29, 0.717) is 0 Å². The minimum Gasteiger partial charge on any atom is -0.0654 e. The minimum absolute atomic E-state index is 0.993. The van der Waals surface area contributed by atoms with Crippen LogP contribution < -0.4 is 0 Å². The molecule has 0 radical (unpaired) electrons. The van der Waals surface area contributed by atoms with Crippen LogP contribution in [0.15, 0.2) is 35.4 Å². The quantitative estimate of drug-likeness (QED) is 0.0359. The number of hydrogen-bond acceptors (Lipinski definition) is 0. The molecule has 1 heterocycles. The fourth-order valence-electron chi connectivity index (χ4n) is 11.2. The number of allylic oxidation sites excluding steroid dienone is 2. The topological polar surface area (TPSA) is 25.3 Å². The maximum atomic E-state index is 11.8. The molecule has 0 bridgehead atoms. The van der Waals surface area contributed by atoms with Crippen LogP contribution in [-0.2, 0) is 14.4 Å². The molecular weight excluding hydrogens is 939 g/mol. The molecule has 0 aliphatic carbocycles. The Kier molecular flexibility index (Phi) is 42.3. The zero-order valence-electron chi connectivity index (χ0n) is 51.3. The number of rotatable bonds is 47. The zero-order chi connectivity index (χ0) is 53.9. The molecule has 0 N–H and O–H groups in total. The van der Waals surface area contributed by atoms with Gasteiger partial charge in [0.15, 0.2) is 0 Å². The molecule has 0 atom stereocenters. The monoisotopic (exact) mass is 1060 g/mol. The molecule has 1 aliphatic heterocycles. The van der Waals surface area contributed by atoms with Crippen LogP contribution in [0.25, 0.3) is 16.9 Å². The Morgan fingerprint density at radius 1 is 0.297 bits per heavy atom. The van der Waals surface area contributed by atoms with E-state index in [1.54, 1.807) is 0 Å². The van der Waals surface area contributed by atoms with Crippen molar-refractivity contribution in [2.75, 3.05) is 0 Å². The van der Waals surface area contributed by atoms with Crippen molar-refractivity contribution in [3.05, 3.63) is 85.5 Å². The van der Waals surface area contributed by atoms with Gasteiger partial charge in [0, 0.05) is 22.3 Å². The molecule has 0 aromatic heterocycles. The molecule has 0 unspecified atom stereocenters. The first-order valence-electron chi connectivity index (χ1n) is 32.7. The predicted molar refractivity (Wildman–Crippen MR) is 330 cm³/mol. The molecule has 0 amide bonds. The molecule has 1 aliphatic rings. The first-order chi connectivity index (χ1) is 36.1. The summed E-state index contributed by atoms with van der Waals surface area (Å²) >= 11 is 2.05. The SMILES string of the molecule is CCCCCC1=C(c2cc(C)c(C)c(C)c2)[N+](=[N-])C(c2cc(C)c(C)c(C)c2)=C1CCCC.CCCCCCCCCCCCCCCCCCC[CH2][Ni][CH2]CCCCCCCCCCCCCCCCCCC. The summed E-state index contributed by atoms with van der Waals surface area (Å²) in [6, 6.07) is 9.02. The van der Waals surface area contributed by atoms with Gasteiger partial charge in [-0.2, -0.15) is 0 Å². The second-order valence-electron chi connectivity index (χ2n) is 23.5. The van der Waals surface area contributed by atoms with Crippen LogP contribution in [0, 0.1) is 41.5 Å². The van der Waals surface area contributed by atoms with Crippen LogP contribution in [0.2, 0.25) is 10.8 Å². The molecule has 0 spiro atoms. The normalized spacial score (nSPS) is 12.8. The molecule has 2 aromatic rings. The Morgan fingerprint density at radius 3 is 0.770 bits per heavy atom. The molecule has 3 heteroatoms. The zero-order valence-corrected chi connectivity index (χ0v) is 52.3. The van der Waals surface area contributed by atoms with Crippen molar-refractivity contribution < 1.29 is 19.1 Å². The van der Waals surface area contributed by atoms with Gasteiger partial charge in [0.2, 0.25) is 11.4 Å².